The molecular formula is C24H27N5O. The number of benzene rings is 2. The molecule has 0 spiro atoms. The molecule has 0 saturated carbocycles. The van der Waals surface area contributed by atoms with Gasteiger partial charge in [0.2, 0.25) is 0 Å². The van der Waals surface area contributed by atoms with Crippen LogP contribution in [0.4, 0.5) is 11.5 Å². The molecule has 154 valence electrons. The number of piperidine rings is 1. The predicted octanol–water partition coefficient (Wildman–Crippen LogP) is 3.06. The SMILES string of the molecule is COc1nc2c(c(N3CC4CC(C3)N4)n1)CCN(c1cccc3cccc(C)c13)C2. The second-order valence-corrected chi connectivity index (χ2v) is 8.78. The molecule has 0 amide bonds. The number of aryl methyl sites for hydroxylation is 1. The van der Waals surface area contributed by atoms with E-state index in [1.54, 1.807) is 7.11 Å². The Morgan fingerprint density at radius 1 is 1.03 bits per heavy atom. The van der Waals surface area contributed by atoms with Gasteiger partial charge in [-0.25, -0.2) is 0 Å². The van der Waals surface area contributed by atoms with Crippen LogP contribution in [0.3, 0.4) is 0 Å². The van der Waals surface area contributed by atoms with E-state index in [9.17, 15) is 0 Å². The summed E-state index contributed by atoms with van der Waals surface area (Å²) in [6.45, 7) is 6.00. The fraction of sp³-hybridized carbons (Fsp3) is 0.417. The number of methoxy groups -OCH3 is 1. The van der Waals surface area contributed by atoms with Crippen LogP contribution in [-0.4, -0.2) is 48.8 Å². The number of anilines is 2. The van der Waals surface area contributed by atoms with Crippen molar-refractivity contribution in [3.05, 3.63) is 53.2 Å². The van der Waals surface area contributed by atoms with Gasteiger partial charge in [0.05, 0.1) is 19.3 Å². The third-order valence-electron chi connectivity index (χ3n) is 6.86. The minimum atomic E-state index is 0.479. The zero-order valence-electron chi connectivity index (χ0n) is 17.6. The first kappa shape index (κ1) is 18.0. The second kappa shape index (κ2) is 6.84. The molecule has 1 N–H and O–H groups in total. The van der Waals surface area contributed by atoms with Gasteiger partial charge in [-0.2, -0.15) is 9.97 Å². The molecule has 6 heteroatoms. The first-order chi connectivity index (χ1) is 14.7. The molecule has 2 unspecified atom stereocenters. The van der Waals surface area contributed by atoms with Crippen molar-refractivity contribution in [3.63, 3.8) is 0 Å². The molecule has 5 heterocycles. The molecule has 4 aliphatic heterocycles. The fourth-order valence-corrected chi connectivity index (χ4v) is 5.40. The van der Waals surface area contributed by atoms with E-state index in [1.165, 1.54) is 34.0 Å². The van der Waals surface area contributed by atoms with E-state index in [0.29, 0.717) is 18.1 Å². The Morgan fingerprint density at radius 2 is 1.80 bits per heavy atom. The van der Waals surface area contributed by atoms with Gasteiger partial charge in [-0.3, -0.25) is 0 Å². The van der Waals surface area contributed by atoms with Gasteiger partial charge in [-0.15, -0.1) is 0 Å². The van der Waals surface area contributed by atoms with Crippen LogP contribution in [0.5, 0.6) is 6.01 Å². The van der Waals surface area contributed by atoms with Gasteiger partial charge in [0.25, 0.3) is 0 Å². The maximum Gasteiger partial charge on any atom is 0.318 e. The number of hydrogen-bond donors (Lipinski definition) is 1. The van der Waals surface area contributed by atoms with Crippen LogP contribution < -0.4 is 19.9 Å². The molecule has 0 radical (unpaired) electrons. The smallest absolute Gasteiger partial charge is 0.318 e. The standard InChI is InChI=1S/C24H27N5O/c1-15-5-3-6-16-7-4-8-21(22(15)16)28-10-9-19-20(14-28)26-24(30-2)27-23(19)29-12-17-11-18(13-29)25-17/h3-8,17-18,25H,9-14H2,1-2H3. The van der Waals surface area contributed by atoms with E-state index in [0.717, 1.165) is 44.1 Å². The number of piperazine rings is 1. The van der Waals surface area contributed by atoms with E-state index in [2.05, 4.69) is 58.4 Å². The van der Waals surface area contributed by atoms with Crippen molar-refractivity contribution in [3.8, 4) is 6.01 Å². The van der Waals surface area contributed by atoms with Crippen LogP contribution in [0.2, 0.25) is 0 Å². The van der Waals surface area contributed by atoms with E-state index in [1.807, 2.05) is 0 Å². The third kappa shape index (κ3) is 2.82. The summed E-state index contributed by atoms with van der Waals surface area (Å²) in [6, 6.07) is 14.8. The maximum absolute atomic E-state index is 5.50. The topological polar surface area (TPSA) is 53.5 Å². The van der Waals surface area contributed by atoms with E-state index in [-0.39, 0.29) is 0 Å². The van der Waals surface area contributed by atoms with E-state index < -0.39 is 0 Å². The van der Waals surface area contributed by atoms with Crippen molar-refractivity contribution < 1.29 is 4.74 Å². The maximum atomic E-state index is 5.50. The average molecular weight is 402 g/mol. The molecule has 7 rings (SSSR count). The highest BCUT2D eigenvalue weighted by atomic mass is 16.5. The van der Waals surface area contributed by atoms with Crippen molar-refractivity contribution in [1.29, 1.82) is 0 Å². The molecule has 0 aliphatic carbocycles. The molecule has 4 aliphatic rings. The zero-order chi connectivity index (χ0) is 20.2. The summed E-state index contributed by atoms with van der Waals surface area (Å²) in [6.07, 6.45) is 2.24. The summed E-state index contributed by atoms with van der Waals surface area (Å²) < 4.78 is 5.50. The van der Waals surface area contributed by atoms with Gasteiger partial charge in [0, 0.05) is 48.4 Å². The number of fused-ring (bicyclic) bond motifs is 4. The number of hydrogen-bond acceptors (Lipinski definition) is 6. The van der Waals surface area contributed by atoms with Gasteiger partial charge in [-0.1, -0.05) is 30.3 Å². The lowest BCUT2D eigenvalue weighted by atomic mass is 9.90. The summed E-state index contributed by atoms with van der Waals surface area (Å²) in [5.41, 5.74) is 5.00. The highest BCUT2D eigenvalue weighted by Crippen LogP contribution is 2.36. The Kier molecular flexibility index (Phi) is 4.09. The minimum absolute atomic E-state index is 0.479. The normalized spacial score (nSPS) is 22.6. The van der Waals surface area contributed by atoms with Crippen molar-refractivity contribution in [2.75, 3.05) is 36.5 Å². The largest absolute Gasteiger partial charge is 0.467 e. The minimum Gasteiger partial charge on any atom is -0.467 e. The number of aromatic nitrogens is 2. The molecular weight excluding hydrogens is 374 g/mol. The fourth-order valence-electron chi connectivity index (χ4n) is 5.40. The highest BCUT2D eigenvalue weighted by Gasteiger charge is 2.38. The number of nitrogens with zero attached hydrogens (tertiary/aromatic N) is 4. The van der Waals surface area contributed by atoms with Gasteiger partial charge in [0.1, 0.15) is 5.82 Å². The number of ether oxygens (including phenoxy) is 1. The Hall–Kier alpha value is -2.86. The summed E-state index contributed by atoms with van der Waals surface area (Å²) in [5, 5.41) is 6.24. The number of rotatable bonds is 3. The van der Waals surface area contributed by atoms with Crippen LogP contribution >= 0.6 is 0 Å². The van der Waals surface area contributed by atoms with Crippen LogP contribution in [0.25, 0.3) is 10.8 Å². The van der Waals surface area contributed by atoms with Gasteiger partial charge in [-0.05, 0) is 36.8 Å². The van der Waals surface area contributed by atoms with Crippen LogP contribution in [0, 0.1) is 6.92 Å². The average Bonchev–Trinajstić information content (AvgIpc) is 2.77. The van der Waals surface area contributed by atoms with Crippen LogP contribution in [0.1, 0.15) is 23.2 Å². The Balaban J connectivity index is 1.39. The van der Waals surface area contributed by atoms with Gasteiger partial charge in [0.15, 0.2) is 0 Å². The van der Waals surface area contributed by atoms with Gasteiger partial charge >= 0.3 is 6.01 Å². The van der Waals surface area contributed by atoms with Gasteiger partial charge < -0.3 is 19.9 Å². The first-order valence-corrected chi connectivity index (χ1v) is 10.9. The lowest BCUT2D eigenvalue weighted by Gasteiger charge is -2.49. The summed E-state index contributed by atoms with van der Waals surface area (Å²) >= 11 is 0. The molecule has 3 saturated heterocycles. The molecule has 2 atom stereocenters. The second-order valence-electron chi connectivity index (χ2n) is 8.78. The zero-order valence-corrected chi connectivity index (χ0v) is 17.6. The molecule has 2 aromatic carbocycles. The lowest BCUT2D eigenvalue weighted by Crippen LogP contribution is -2.67. The molecule has 3 fully saturated rings. The Labute approximate surface area is 176 Å². The quantitative estimate of drug-likeness (QED) is 0.728. The summed E-state index contributed by atoms with van der Waals surface area (Å²) in [4.78, 5) is 14.5. The molecule has 6 nitrogen and oxygen atoms in total. The molecule has 3 aromatic rings. The molecule has 1 aromatic heterocycles. The Bertz CT molecular complexity index is 1110. The molecule has 30 heavy (non-hydrogen) atoms. The third-order valence-corrected chi connectivity index (χ3v) is 6.86. The van der Waals surface area contributed by atoms with Crippen molar-refractivity contribution in [2.24, 2.45) is 0 Å². The molecule has 2 bridgehead atoms. The highest BCUT2D eigenvalue weighted by molar-refractivity contribution is 5.97. The van der Waals surface area contributed by atoms with Crippen LogP contribution in [0.15, 0.2) is 36.4 Å². The summed E-state index contributed by atoms with van der Waals surface area (Å²) in [7, 11) is 1.66. The van der Waals surface area contributed by atoms with Crippen molar-refractivity contribution in [1.82, 2.24) is 15.3 Å². The monoisotopic (exact) mass is 401 g/mol. The Morgan fingerprint density at radius 3 is 2.57 bits per heavy atom. The van der Waals surface area contributed by atoms with Crippen molar-refractivity contribution in [2.45, 2.75) is 38.4 Å². The summed E-state index contributed by atoms with van der Waals surface area (Å²) in [5.74, 6) is 1.09. The predicted molar refractivity (Wildman–Crippen MR) is 120 cm³/mol. The van der Waals surface area contributed by atoms with Crippen molar-refractivity contribution >= 4 is 22.3 Å². The van der Waals surface area contributed by atoms with E-state index in [4.69, 9.17) is 14.7 Å². The van der Waals surface area contributed by atoms with E-state index >= 15 is 0 Å². The van der Waals surface area contributed by atoms with Crippen LogP contribution in [-0.2, 0) is 13.0 Å². The lowest BCUT2D eigenvalue weighted by molar-refractivity contribution is 0.224. The first-order valence-electron chi connectivity index (χ1n) is 10.9. The number of nitrogens with one attached hydrogen (secondary N) is 1.